The first-order chi connectivity index (χ1) is 11.1. The fraction of sp³-hybridized carbons (Fsp3) is 0.353. The van der Waals surface area contributed by atoms with Crippen LogP contribution in [0, 0.1) is 11.8 Å². The van der Waals surface area contributed by atoms with E-state index in [2.05, 4.69) is 26.7 Å². The van der Waals surface area contributed by atoms with Gasteiger partial charge in [0, 0.05) is 25.3 Å². The number of nitrogens with one attached hydrogen (secondary N) is 1. The molecule has 5 nitrogen and oxygen atoms in total. The third-order valence-corrected chi connectivity index (χ3v) is 3.97. The van der Waals surface area contributed by atoms with Crippen LogP contribution in [0.3, 0.4) is 0 Å². The fourth-order valence-electron chi connectivity index (χ4n) is 1.98. The standard InChI is InChI=1S/C17H20N4OS/c1-4-6-15-16(23-20-19-15)17(22)18-12-5-7-13-8-10-14(11-9-13)21(2)3/h8-11H,4,6,12H2,1-3H3,(H,18,22). The third-order valence-electron chi connectivity index (χ3n) is 3.20. The maximum Gasteiger partial charge on any atom is 0.265 e. The Morgan fingerprint density at radius 3 is 2.70 bits per heavy atom. The molecule has 2 rings (SSSR count). The molecule has 0 saturated heterocycles. The van der Waals surface area contributed by atoms with Gasteiger partial charge in [0.2, 0.25) is 0 Å². The number of hydrogen-bond donors (Lipinski definition) is 1. The Kier molecular flexibility index (Phi) is 6.12. The van der Waals surface area contributed by atoms with E-state index in [0.29, 0.717) is 11.4 Å². The molecule has 6 heteroatoms. The van der Waals surface area contributed by atoms with Gasteiger partial charge >= 0.3 is 0 Å². The van der Waals surface area contributed by atoms with Gasteiger partial charge in [-0.1, -0.05) is 29.7 Å². The predicted octanol–water partition coefficient (Wildman–Crippen LogP) is 2.34. The number of rotatable bonds is 5. The summed E-state index contributed by atoms with van der Waals surface area (Å²) in [6.45, 7) is 2.35. The van der Waals surface area contributed by atoms with Crippen molar-refractivity contribution in [3.05, 3.63) is 40.4 Å². The van der Waals surface area contributed by atoms with E-state index in [1.165, 1.54) is 0 Å². The lowest BCUT2D eigenvalue weighted by Gasteiger charge is -2.11. The lowest BCUT2D eigenvalue weighted by Crippen LogP contribution is -2.23. The number of hydrogen-bond acceptors (Lipinski definition) is 5. The zero-order valence-corrected chi connectivity index (χ0v) is 14.4. The average molecular weight is 328 g/mol. The molecular weight excluding hydrogens is 308 g/mol. The maximum absolute atomic E-state index is 12.1. The highest BCUT2D eigenvalue weighted by atomic mass is 32.1. The SMILES string of the molecule is CCCc1nnsc1C(=O)NCC#Cc1ccc(N(C)C)cc1. The number of anilines is 1. The molecule has 1 N–H and O–H groups in total. The molecule has 0 saturated carbocycles. The summed E-state index contributed by atoms with van der Waals surface area (Å²) in [5, 5.41) is 6.79. The number of benzene rings is 1. The van der Waals surface area contributed by atoms with Gasteiger partial charge in [0.25, 0.3) is 5.91 Å². The van der Waals surface area contributed by atoms with Crippen molar-refractivity contribution in [3.63, 3.8) is 0 Å². The van der Waals surface area contributed by atoms with Gasteiger partial charge in [-0.2, -0.15) is 0 Å². The minimum absolute atomic E-state index is 0.152. The van der Waals surface area contributed by atoms with Crippen molar-refractivity contribution in [2.24, 2.45) is 0 Å². The van der Waals surface area contributed by atoms with Gasteiger partial charge in [-0.3, -0.25) is 4.79 Å². The molecule has 1 aromatic carbocycles. The Labute approximate surface area is 140 Å². The van der Waals surface area contributed by atoms with Crippen LogP contribution in [0.5, 0.6) is 0 Å². The Balaban J connectivity index is 1.89. The van der Waals surface area contributed by atoms with Crippen LogP contribution in [0.1, 0.15) is 34.3 Å². The van der Waals surface area contributed by atoms with Crippen molar-refractivity contribution in [2.45, 2.75) is 19.8 Å². The molecule has 0 atom stereocenters. The van der Waals surface area contributed by atoms with E-state index in [1.54, 1.807) is 0 Å². The van der Waals surface area contributed by atoms with E-state index in [4.69, 9.17) is 0 Å². The Morgan fingerprint density at radius 2 is 2.04 bits per heavy atom. The summed E-state index contributed by atoms with van der Waals surface area (Å²) >= 11 is 1.13. The van der Waals surface area contributed by atoms with E-state index in [-0.39, 0.29) is 5.91 Å². The number of aryl methyl sites for hydroxylation is 1. The van der Waals surface area contributed by atoms with E-state index in [0.717, 1.165) is 41.3 Å². The number of amides is 1. The molecule has 120 valence electrons. The quantitative estimate of drug-likeness (QED) is 0.856. The van der Waals surface area contributed by atoms with Gasteiger partial charge in [-0.15, -0.1) is 5.10 Å². The molecule has 0 spiro atoms. The Bertz CT molecular complexity index is 710. The Hall–Kier alpha value is -2.39. The minimum Gasteiger partial charge on any atom is -0.378 e. The summed E-state index contributed by atoms with van der Waals surface area (Å²) in [5.41, 5.74) is 2.82. The molecule has 0 radical (unpaired) electrons. The molecule has 0 unspecified atom stereocenters. The first-order valence-electron chi connectivity index (χ1n) is 7.47. The molecule has 2 aromatic rings. The largest absolute Gasteiger partial charge is 0.378 e. The summed E-state index contributed by atoms with van der Waals surface area (Å²) in [4.78, 5) is 14.7. The van der Waals surface area contributed by atoms with Gasteiger partial charge < -0.3 is 10.2 Å². The van der Waals surface area contributed by atoms with Crippen LogP contribution in [0.4, 0.5) is 5.69 Å². The maximum atomic E-state index is 12.1. The van der Waals surface area contributed by atoms with E-state index >= 15 is 0 Å². The van der Waals surface area contributed by atoms with Crippen LogP contribution >= 0.6 is 11.5 Å². The lowest BCUT2D eigenvalue weighted by molar-refractivity contribution is 0.0961. The first-order valence-corrected chi connectivity index (χ1v) is 8.24. The highest BCUT2D eigenvalue weighted by Crippen LogP contribution is 2.12. The summed E-state index contributed by atoms with van der Waals surface area (Å²) in [6.07, 6.45) is 1.71. The number of carbonyl (C=O) groups excluding carboxylic acids is 1. The molecule has 1 heterocycles. The van der Waals surface area contributed by atoms with Crippen LogP contribution in [-0.2, 0) is 6.42 Å². The summed E-state index contributed by atoms with van der Waals surface area (Å²) < 4.78 is 3.85. The second kappa shape index (κ2) is 8.30. The number of aromatic nitrogens is 2. The van der Waals surface area contributed by atoms with Crippen molar-refractivity contribution in [3.8, 4) is 11.8 Å². The molecular formula is C17H20N4OS. The molecule has 0 bridgehead atoms. The van der Waals surface area contributed by atoms with E-state index < -0.39 is 0 Å². The molecule has 1 aromatic heterocycles. The zero-order chi connectivity index (χ0) is 16.7. The third kappa shape index (κ3) is 4.80. The molecule has 23 heavy (non-hydrogen) atoms. The zero-order valence-electron chi connectivity index (χ0n) is 13.6. The van der Waals surface area contributed by atoms with Crippen molar-refractivity contribution in [2.75, 3.05) is 25.5 Å². The van der Waals surface area contributed by atoms with Crippen molar-refractivity contribution in [1.82, 2.24) is 14.9 Å². The summed E-state index contributed by atoms with van der Waals surface area (Å²) in [6, 6.07) is 7.97. The second-order valence-corrected chi connectivity index (χ2v) is 5.98. The average Bonchev–Trinajstić information content (AvgIpc) is 3.00. The van der Waals surface area contributed by atoms with Crippen LogP contribution in [-0.4, -0.2) is 36.1 Å². The predicted molar refractivity (Wildman–Crippen MR) is 93.9 cm³/mol. The normalized spacial score (nSPS) is 9.87. The molecule has 0 aliphatic rings. The molecule has 1 amide bonds. The van der Waals surface area contributed by atoms with Crippen LogP contribution < -0.4 is 10.2 Å². The number of carbonyl (C=O) groups is 1. The second-order valence-electron chi connectivity index (χ2n) is 5.22. The van der Waals surface area contributed by atoms with Gasteiger partial charge in [-0.25, -0.2) is 0 Å². The highest BCUT2D eigenvalue weighted by Gasteiger charge is 2.14. The highest BCUT2D eigenvalue weighted by molar-refractivity contribution is 7.08. The van der Waals surface area contributed by atoms with Gasteiger partial charge in [-0.05, 0) is 42.2 Å². The molecule has 0 aliphatic carbocycles. The van der Waals surface area contributed by atoms with Gasteiger partial charge in [0.15, 0.2) is 0 Å². The van der Waals surface area contributed by atoms with Crippen molar-refractivity contribution < 1.29 is 4.79 Å². The van der Waals surface area contributed by atoms with E-state index in [1.807, 2.05) is 50.2 Å². The summed E-state index contributed by atoms with van der Waals surface area (Å²) in [5.74, 6) is 5.85. The Morgan fingerprint density at radius 1 is 1.30 bits per heavy atom. The fourth-order valence-corrected chi connectivity index (χ4v) is 2.60. The van der Waals surface area contributed by atoms with Crippen molar-refractivity contribution in [1.29, 1.82) is 0 Å². The van der Waals surface area contributed by atoms with Crippen LogP contribution in [0.25, 0.3) is 0 Å². The topological polar surface area (TPSA) is 58.1 Å². The molecule has 0 fully saturated rings. The van der Waals surface area contributed by atoms with Crippen molar-refractivity contribution >= 4 is 23.1 Å². The minimum atomic E-state index is -0.152. The monoisotopic (exact) mass is 328 g/mol. The first kappa shape index (κ1) is 17.0. The molecule has 0 aliphatic heterocycles. The van der Waals surface area contributed by atoms with Gasteiger partial charge in [0.05, 0.1) is 12.2 Å². The van der Waals surface area contributed by atoms with Gasteiger partial charge in [0.1, 0.15) is 4.88 Å². The van der Waals surface area contributed by atoms with Crippen LogP contribution in [0.15, 0.2) is 24.3 Å². The smallest absolute Gasteiger partial charge is 0.265 e. The lowest BCUT2D eigenvalue weighted by atomic mass is 10.2. The number of nitrogens with zero attached hydrogens (tertiary/aromatic N) is 3. The van der Waals surface area contributed by atoms with Crippen LogP contribution in [0.2, 0.25) is 0 Å². The summed E-state index contributed by atoms with van der Waals surface area (Å²) in [7, 11) is 3.99. The van der Waals surface area contributed by atoms with E-state index in [9.17, 15) is 4.79 Å².